The Morgan fingerprint density at radius 1 is 1.10 bits per heavy atom. The number of ether oxygens (including phenoxy) is 3. The predicted molar refractivity (Wildman–Crippen MR) is 183 cm³/mol. The van der Waals surface area contributed by atoms with Crippen LogP contribution in [-0.2, 0) is 32.2 Å². The average molecular weight is 745 g/mol. The molecule has 3 heterocycles. The molecule has 3 aromatic rings. The van der Waals surface area contributed by atoms with Gasteiger partial charge in [0.05, 0.1) is 20.3 Å². The van der Waals surface area contributed by atoms with Crippen LogP contribution in [0.5, 0.6) is 5.75 Å². The van der Waals surface area contributed by atoms with Gasteiger partial charge in [0.25, 0.3) is 11.7 Å². The zero-order valence-corrected chi connectivity index (χ0v) is 30.0. The molecule has 1 unspecified atom stereocenters. The highest BCUT2D eigenvalue weighted by Crippen LogP contribution is 2.31. The standard InChI is InChI=1S/C27H36ClN9O5.C3H5F2O2P/c1-4-31-27(40)35-11-9-16(10-12-35)37-19-13-17(42-15-21(38)41-6-3)7-8-18(19)36(5-2)20(37)14-32-26(39)22-24(29)34-25(30)23(28)33-22;1-7-2(6)3(4,5)8/h7-8,13,16H,4-6,9-12,14-15H2,1-3H3,(H5-,29,30,31,32,34,39,40);8H2,1H3/p+1. The normalized spacial score (nSPS) is 13.2. The molecule has 0 bridgehead atoms. The number of likely N-dealkylation sites (tertiary alicyclic amines) is 1. The molecular weight excluding hydrogens is 703 g/mol. The first-order valence-corrected chi connectivity index (χ1v) is 16.6. The molecule has 6 N–H and O–H groups in total. The molecule has 1 fully saturated rings. The first-order valence-electron chi connectivity index (χ1n) is 15.7. The minimum absolute atomic E-state index is 0.0222. The van der Waals surface area contributed by atoms with E-state index in [1.54, 1.807) is 17.9 Å². The Kier molecular flexibility index (Phi) is 14.3. The number of esters is 2. The number of methoxy groups -OCH3 is 1. The maximum Gasteiger partial charge on any atom is 0.380 e. The van der Waals surface area contributed by atoms with E-state index in [9.17, 15) is 28.0 Å². The van der Waals surface area contributed by atoms with Gasteiger partial charge in [0.15, 0.2) is 40.1 Å². The lowest BCUT2D eigenvalue weighted by molar-refractivity contribution is -0.676. The molecule has 20 heteroatoms. The van der Waals surface area contributed by atoms with Gasteiger partial charge in [-0.1, -0.05) is 11.6 Å². The van der Waals surface area contributed by atoms with Crippen LogP contribution in [0.3, 0.4) is 0 Å². The number of nitrogens with zero attached hydrogens (tertiary/aromatic N) is 5. The number of alkyl halides is 2. The van der Waals surface area contributed by atoms with Crippen molar-refractivity contribution in [2.24, 2.45) is 0 Å². The van der Waals surface area contributed by atoms with E-state index >= 15 is 0 Å². The van der Waals surface area contributed by atoms with Gasteiger partial charge in [-0.3, -0.25) is 4.79 Å². The topological polar surface area (TPSA) is 210 Å². The van der Waals surface area contributed by atoms with Crippen LogP contribution >= 0.6 is 20.8 Å². The molecule has 0 aliphatic carbocycles. The van der Waals surface area contributed by atoms with Gasteiger partial charge in [0.2, 0.25) is 0 Å². The van der Waals surface area contributed by atoms with Gasteiger partial charge in [-0.25, -0.2) is 33.5 Å². The number of carbonyl (C=O) groups excluding carboxylic acids is 4. The Labute approximate surface area is 294 Å². The van der Waals surface area contributed by atoms with Gasteiger partial charge in [0.1, 0.15) is 18.3 Å². The molecule has 1 saturated heterocycles. The maximum atomic E-state index is 13.1. The molecule has 1 aliphatic heterocycles. The van der Waals surface area contributed by atoms with Crippen molar-refractivity contribution in [3.63, 3.8) is 0 Å². The third-order valence-electron chi connectivity index (χ3n) is 7.49. The van der Waals surface area contributed by atoms with E-state index in [1.165, 1.54) is 0 Å². The van der Waals surface area contributed by atoms with Crippen LogP contribution < -0.4 is 31.4 Å². The van der Waals surface area contributed by atoms with E-state index in [2.05, 4.69) is 34.5 Å². The summed E-state index contributed by atoms with van der Waals surface area (Å²) in [7, 11) is 1.97. The van der Waals surface area contributed by atoms with Crippen molar-refractivity contribution < 1.29 is 46.7 Å². The van der Waals surface area contributed by atoms with Crippen molar-refractivity contribution in [3.05, 3.63) is 34.9 Å². The first kappa shape index (κ1) is 39.9. The lowest BCUT2D eigenvalue weighted by Gasteiger charge is -2.31. The number of rotatable bonds is 11. The number of hydrogen-bond donors (Lipinski definition) is 4. The van der Waals surface area contributed by atoms with Gasteiger partial charge in [-0.2, -0.15) is 8.78 Å². The van der Waals surface area contributed by atoms with Crippen LogP contribution in [0.1, 0.15) is 56.0 Å². The molecule has 274 valence electrons. The number of urea groups is 1. The van der Waals surface area contributed by atoms with Crippen LogP contribution in [0.2, 0.25) is 5.15 Å². The summed E-state index contributed by atoms with van der Waals surface area (Å²) in [4.78, 5) is 57.0. The Morgan fingerprint density at radius 3 is 2.34 bits per heavy atom. The summed E-state index contributed by atoms with van der Waals surface area (Å²) in [5.74, 6) is -1.40. The lowest BCUT2D eigenvalue weighted by Crippen LogP contribution is -2.45. The van der Waals surface area contributed by atoms with Gasteiger partial charge in [0, 0.05) is 38.5 Å². The van der Waals surface area contributed by atoms with Crippen LogP contribution in [0.4, 0.5) is 25.2 Å². The van der Waals surface area contributed by atoms with E-state index < -0.39 is 23.5 Å². The highest BCUT2D eigenvalue weighted by atomic mass is 35.5. The van der Waals surface area contributed by atoms with E-state index in [4.69, 9.17) is 32.5 Å². The van der Waals surface area contributed by atoms with E-state index in [0.717, 1.165) is 33.2 Å². The fraction of sp³-hybridized carbons (Fsp3) is 0.500. The molecule has 16 nitrogen and oxygen atoms in total. The van der Waals surface area contributed by atoms with Crippen LogP contribution in [0, 0.1) is 0 Å². The quantitative estimate of drug-likeness (QED) is 0.127. The van der Waals surface area contributed by atoms with E-state index in [1.807, 2.05) is 26.0 Å². The first-order chi connectivity index (χ1) is 23.7. The van der Waals surface area contributed by atoms with Crippen molar-refractivity contribution in [1.29, 1.82) is 0 Å². The fourth-order valence-electron chi connectivity index (χ4n) is 5.29. The van der Waals surface area contributed by atoms with Crippen molar-refractivity contribution in [3.8, 4) is 5.75 Å². The second-order valence-corrected chi connectivity index (χ2v) is 11.8. The summed E-state index contributed by atoms with van der Waals surface area (Å²) in [6.45, 7) is 8.15. The number of hydrogen-bond acceptors (Lipinski definition) is 11. The number of nitrogens with one attached hydrogen (secondary N) is 2. The molecular formula is C30H42ClF2N9O7P+. The van der Waals surface area contributed by atoms with Gasteiger partial charge in [-0.15, -0.1) is 0 Å². The minimum Gasteiger partial charge on any atom is -0.482 e. The SMILES string of the molecule is CCNC(=O)N1CCC(n2c(CNC(=O)c3nc(Cl)c(N)nc3N)[n+](CC)c3ccc(OCC(=O)OCC)cc32)CC1.COC(=O)C(F)(F)P. The number of nitrogens with two attached hydrogens (primary N) is 2. The molecule has 3 amide bonds. The molecule has 0 spiro atoms. The number of imidazole rings is 1. The molecule has 1 aliphatic rings. The van der Waals surface area contributed by atoms with E-state index in [0.29, 0.717) is 44.8 Å². The number of amides is 3. The molecule has 1 aromatic carbocycles. The molecule has 0 saturated carbocycles. The lowest BCUT2D eigenvalue weighted by atomic mass is 10.0. The molecule has 50 heavy (non-hydrogen) atoms. The van der Waals surface area contributed by atoms with Crippen LogP contribution in [0.15, 0.2) is 18.2 Å². The predicted octanol–water partition coefficient (Wildman–Crippen LogP) is 2.42. The van der Waals surface area contributed by atoms with Crippen molar-refractivity contribution in [2.75, 3.05) is 51.4 Å². The third-order valence-corrected chi connectivity index (χ3v) is 8.01. The molecule has 0 radical (unpaired) electrons. The Hall–Kier alpha value is -4.57. The minimum atomic E-state index is -3.44. The summed E-state index contributed by atoms with van der Waals surface area (Å²) in [5, 5.41) is 5.65. The molecule has 2 aromatic heterocycles. The number of piperidine rings is 1. The summed E-state index contributed by atoms with van der Waals surface area (Å²) in [5.41, 5.74) is 9.80. The Bertz CT molecular complexity index is 1700. The van der Waals surface area contributed by atoms with Gasteiger partial charge in [-0.05, 0) is 42.1 Å². The number of nitrogen functional groups attached to an aromatic ring is 2. The second-order valence-electron chi connectivity index (χ2n) is 10.8. The zero-order chi connectivity index (χ0) is 37.2. The van der Waals surface area contributed by atoms with Crippen molar-refractivity contribution >= 4 is 67.4 Å². The van der Waals surface area contributed by atoms with Crippen LogP contribution in [-0.4, -0.2) is 88.9 Å². The number of fused-ring (bicyclic) bond motifs is 1. The number of aromatic nitrogens is 4. The smallest absolute Gasteiger partial charge is 0.380 e. The van der Waals surface area contributed by atoms with Crippen LogP contribution in [0.25, 0.3) is 11.0 Å². The van der Waals surface area contributed by atoms with Gasteiger partial charge < -0.3 is 41.2 Å². The highest BCUT2D eigenvalue weighted by Gasteiger charge is 2.35. The van der Waals surface area contributed by atoms with Gasteiger partial charge >= 0.3 is 23.6 Å². The summed E-state index contributed by atoms with van der Waals surface area (Å²) < 4.78 is 41.9. The number of carbonyl (C=O) groups is 4. The Morgan fingerprint density at radius 2 is 1.78 bits per heavy atom. The van der Waals surface area contributed by atoms with Crippen molar-refractivity contribution in [2.45, 2.75) is 58.4 Å². The zero-order valence-electron chi connectivity index (χ0n) is 28.1. The molecule has 4 rings (SSSR count). The largest absolute Gasteiger partial charge is 0.482 e. The highest BCUT2D eigenvalue weighted by molar-refractivity contribution is 7.20. The second kappa shape index (κ2) is 17.9. The summed E-state index contributed by atoms with van der Waals surface area (Å²) >= 11 is 5.99. The average Bonchev–Trinajstić information content (AvgIpc) is 3.40. The monoisotopic (exact) mass is 744 g/mol. The maximum absolute atomic E-state index is 13.1. The number of halogens is 3. The number of benzene rings is 1. The van der Waals surface area contributed by atoms with Crippen molar-refractivity contribution in [1.82, 2.24) is 30.1 Å². The number of aryl methyl sites for hydroxylation is 1. The third kappa shape index (κ3) is 10.00. The molecule has 1 atom stereocenters. The Balaban J connectivity index is 0.000000753. The summed E-state index contributed by atoms with van der Waals surface area (Å²) in [6.07, 6.45) is 1.40. The van der Waals surface area contributed by atoms with E-state index in [-0.39, 0.29) is 54.3 Å². The number of anilines is 2. The summed E-state index contributed by atoms with van der Waals surface area (Å²) in [6, 6.07) is 5.54. The fourth-order valence-corrected chi connectivity index (χ4v) is 5.53.